The molecule has 1 saturated carbocycles. The third-order valence-corrected chi connectivity index (χ3v) is 6.97. The van der Waals surface area contributed by atoms with Crippen LogP contribution < -0.4 is 14.9 Å². The molecule has 0 saturated heterocycles. The Bertz CT molecular complexity index is 1090. The summed E-state index contributed by atoms with van der Waals surface area (Å²) in [6.45, 7) is 1.89. The number of rotatable bonds is 8. The predicted octanol–water partition coefficient (Wildman–Crippen LogP) is 5.08. The fourth-order valence-electron chi connectivity index (χ4n) is 4.24. The van der Waals surface area contributed by atoms with Crippen LogP contribution in [0.3, 0.4) is 0 Å². The van der Waals surface area contributed by atoms with Crippen molar-refractivity contribution in [3.8, 4) is 6.07 Å². The Kier molecular flexibility index (Phi) is 7.46. The van der Waals surface area contributed by atoms with Gasteiger partial charge in [-0.3, -0.25) is 4.72 Å². The molecule has 1 aliphatic rings. The largest absolute Gasteiger partial charge is 0.362 e. The molecule has 32 heavy (non-hydrogen) atoms. The number of hydrogen-bond donors (Lipinski definition) is 2. The number of para-hydroxylation sites is 1. The van der Waals surface area contributed by atoms with Gasteiger partial charge in [0.25, 0.3) is 0 Å². The standard InChI is InChI=1S/C25H30N6S/c1-31(2)24-21-8-4-5-9-22(21)29-25(30-24)27-16-18-11-13-19(14-12-18)17-28-32-23-10-6-3-7-20(23)15-26/h3-10,18-19,28H,11-14,16-17H2,1-2H3,(H,27,29,30). The molecule has 3 aromatic rings. The van der Waals surface area contributed by atoms with Gasteiger partial charge >= 0.3 is 0 Å². The molecule has 0 unspecified atom stereocenters. The summed E-state index contributed by atoms with van der Waals surface area (Å²) < 4.78 is 3.48. The number of nitrogens with one attached hydrogen (secondary N) is 2. The van der Waals surface area contributed by atoms with Crippen molar-refractivity contribution < 1.29 is 0 Å². The summed E-state index contributed by atoms with van der Waals surface area (Å²) in [7, 11) is 4.04. The van der Waals surface area contributed by atoms with Crippen molar-refractivity contribution in [1.29, 1.82) is 5.26 Å². The number of nitriles is 1. The molecule has 0 atom stereocenters. The zero-order valence-corrected chi connectivity index (χ0v) is 19.5. The van der Waals surface area contributed by atoms with Crippen LogP contribution in [0.2, 0.25) is 0 Å². The molecule has 0 spiro atoms. The Morgan fingerprint density at radius 2 is 1.66 bits per heavy atom. The van der Waals surface area contributed by atoms with Gasteiger partial charge < -0.3 is 10.2 Å². The summed E-state index contributed by atoms with van der Waals surface area (Å²) in [6, 6.07) is 18.2. The first-order chi connectivity index (χ1) is 15.6. The van der Waals surface area contributed by atoms with Gasteiger partial charge in [0.2, 0.25) is 5.95 Å². The monoisotopic (exact) mass is 446 g/mol. The van der Waals surface area contributed by atoms with Crippen LogP contribution in [-0.4, -0.2) is 37.2 Å². The van der Waals surface area contributed by atoms with Gasteiger partial charge in [0.05, 0.1) is 11.1 Å². The van der Waals surface area contributed by atoms with Crippen molar-refractivity contribution >= 4 is 34.6 Å². The Hall–Kier alpha value is -2.82. The number of nitrogens with zero attached hydrogens (tertiary/aromatic N) is 4. The Balaban J connectivity index is 1.25. The maximum absolute atomic E-state index is 9.21. The van der Waals surface area contributed by atoms with Gasteiger partial charge in [0, 0.05) is 37.5 Å². The molecule has 166 valence electrons. The first kappa shape index (κ1) is 22.4. The number of hydrogen-bond acceptors (Lipinski definition) is 7. The number of aromatic nitrogens is 2. The van der Waals surface area contributed by atoms with E-state index in [0.29, 0.717) is 17.8 Å². The lowest BCUT2D eigenvalue weighted by atomic mass is 9.82. The van der Waals surface area contributed by atoms with Gasteiger partial charge in [0.1, 0.15) is 11.9 Å². The molecule has 6 nitrogen and oxygen atoms in total. The second-order valence-electron chi connectivity index (χ2n) is 8.61. The summed E-state index contributed by atoms with van der Waals surface area (Å²) >= 11 is 1.57. The molecular formula is C25H30N6S. The maximum Gasteiger partial charge on any atom is 0.225 e. The van der Waals surface area contributed by atoms with Crippen molar-refractivity contribution in [2.75, 3.05) is 37.4 Å². The minimum absolute atomic E-state index is 0.649. The van der Waals surface area contributed by atoms with Crippen molar-refractivity contribution in [3.05, 3.63) is 54.1 Å². The molecule has 4 rings (SSSR count). The van der Waals surface area contributed by atoms with E-state index in [1.165, 1.54) is 25.7 Å². The average molecular weight is 447 g/mol. The van der Waals surface area contributed by atoms with Crippen molar-refractivity contribution in [2.45, 2.75) is 30.6 Å². The van der Waals surface area contributed by atoms with E-state index in [1.54, 1.807) is 11.9 Å². The highest BCUT2D eigenvalue weighted by Crippen LogP contribution is 2.30. The highest BCUT2D eigenvalue weighted by Gasteiger charge is 2.21. The second kappa shape index (κ2) is 10.7. The van der Waals surface area contributed by atoms with Gasteiger partial charge in [0.15, 0.2) is 0 Å². The molecule has 1 fully saturated rings. The topological polar surface area (TPSA) is 76.9 Å². The molecule has 2 aromatic carbocycles. The van der Waals surface area contributed by atoms with Gasteiger partial charge in [-0.2, -0.15) is 10.2 Å². The van der Waals surface area contributed by atoms with E-state index in [9.17, 15) is 5.26 Å². The van der Waals surface area contributed by atoms with E-state index < -0.39 is 0 Å². The predicted molar refractivity (Wildman–Crippen MR) is 133 cm³/mol. The zero-order chi connectivity index (χ0) is 22.3. The molecule has 1 heterocycles. The number of benzene rings is 2. The van der Waals surface area contributed by atoms with Crippen LogP contribution in [0.15, 0.2) is 53.4 Å². The van der Waals surface area contributed by atoms with E-state index in [-0.39, 0.29) is 0 Å². The maximum atomic E-state index is 9.21. The van der Waals surface area contributed by atoms with Gasteiger partial charge in [-0.15, -0.1) is 0 Å². The molecular weight excluding hydrogens is 416 g/mol. The fraction of sp³-hybridized carbons (Fsp3) is 0.400. The van der Waals surface area contributed by atoms with E-state index >= 15 is 0 Å². The Morgan fingerprint density at radius 3 is 2.41 bits per heavy atom. The second-order valence-corrected chi connectivity index (χ2v) is 9.54. The molecule has 7 heteroatoms. The lowest BCUT2D eigenvalue weighted by Crippen LogP contribution is -2.26. The molecule has 1 aromatic heterocycles. The van der Waals surface area contributed by atoms with Crippen LogP contribution in [0.1, 0.15) is 31.2 Å². The van der Waals surface area contributed by atoms with Crippen LogP contribution in [-0.2, 0) is 0 Å². The Labute approximate surface area is 194 Å². The SMILES string of the molecule is CN(C)c1nc(NCC2CCC(CNSc3ccccc3C#N)CC2)nc2ccccc12. The van der Waals surface area contributed by atoms with Crippen molar-refractivity contribution in [3.63, 3.8) is 0 Å². The molecule has 2 N–H and O–H groups in total. The highest BCUT2D eigenvalue weighted by atomic mass is 32.2. The van der Waals surface area contributed by atoms with E-state index in [4.69, 9.17) is 9.97 Å². The Morgan fingerprint density at radius 1 is 0.969 bits per heavy atom. The van der Waals surface area contributed by atoms with Crippen LogP contribution in [0.25, 0.3) is 10.9 Å². The lowest BCUT2D eigenvalue weighted by molar-refractivity contribution is 0.285. The molecule has 0 bridgehead atoms. The van der Waals surface area contributed by atoms with Gasteiger partial charge in [-0.05, 0) is 73.7 Å². The minimum atomic E-state index is 0.649. The molecule has 1 aliphatic carbocycles. The van der Waals surface area contributed by atoms with Crippen LogP contribution in [0.5, 0.6) is 0 Å². The summed E-state index contributed by atoms with van der Waals surface area (Å²) in [5.41, 5.74) is 1.70. The molecule has 0 aliphatic heterocycles. The summed E-state index contributed by atoms with van der Waals surface area (Å²) in [5.74, 6) is 2.99. The van der Waals surface area contributed by atoms with Crippen LogP contribution >= 0.6 is 11.9 Å². The minimum Gasteiger partial charge on any atom is -0.362 e. The van der Waals surface area contributed by atoms with Gasteiger partial charge in [-0.1, -0.05) is 24.3 Å². The van der Waals surface area contributed by atoms with Crippen molar-refractivity contribution in [1.82, 2.24) is 14.7 Å². The van der Waals surface area contributed by atoms with Gasteiger partial charge in [-0.25, -0.2) is 4.98 Å². The summed E-state index contributed by atoms with van der Waals surface area (Å²) in [5, 5.41) is 13.8. The molecule has 0 radical (unpaired) electrons. The van der Waals surface area contributed by atoms with E-state index in [2.05, 4.69) is 22.2 Å². The third-order valence-electron chi connectivity index (χ3n) is 6.08. The first-order valence-electron chi connectivity index (χ1n) is 11.2. The lowest BCUT2D eigenvalue weighted by Gasteiger charge is -2.28. The highest BCUT2D eigenvalue weighted by molar-refractivity contribution is 7.97. The van der Waals surface area contributed by atoms with Crippen molar-refractivity contribution in [2.24, 2.45) is 11.8 Å². The zero-order valence-electron chi connectivity index (χ0n) is 18.7. The molecule has 0 amide bonds. The summed E-state index contributed by atoms with van der Waals surface area (Å²) in [4.78, 5) is 12.5. The number of anilines is 2. The normalized spacial score (nSPS) is 18.3. The summed E-state index contributed by atoms with van der Waals surface area (Å²) in [6.07, 6.45) is 4.88. The van der Waals surface area contributed by atoms with E-state index in [1.807, 2.05) is 61.5 Å². The number of fused-ring (bicyclic) bond motifs is 1. The van der Waals surface area contributed by atoms with Crippen LogP contribution in [0.4, 0.5) is 11.8 Å². The average Bonchev–Trinajstić information content (AvgIpc) is 2.83. The third kappa shape index (κ3) is 5.50. The fourth-order valence-corrected chi connectivity index (χ4v) is 5.09. The first-order valence-corrected chi connectivity index (χ1v) is 12.0. The van der Waals surface area contributed by atoms with E-state index in [0.717, 1.165) is 40.3 Å². The smallest absolute Gasteiger partial charge is 0.225 e. The van der Waals surface area contributed by atoms with Crippen LogP contribution in [0, 0.1) is 23.2 Å². The quantitative estimate of drug-likeness (QED) is 0.467.